The summed E-state index contributed by atoms with van der Waals surface area (Å²) in [6.07, 6.45) is 4.39. The van der Waals surface area contributed by atoms with Crippen molar-refractivity contribution in [1.82, 2.24) is 18.8 Å². The van der Waals surface area contributed by atoms with Gasteiger partial charge in [0.05, 0.1) is 29.7 Å². The van der Waals surface area contributed by atoms with E-state index in [1.165, 1.54) is 34.7 Å². The summed E-state index contributed by atoms with van der Waals surface area (Å²) in [5, 5.41) is 5.07. The lowest BCUT2D eigenvalue weighted by Crippen LogP contribution is -2.56. The summed E-state index contributed by atoms with van der Waals surface area (Å²) in [5.41, 5.74) is 1.58. The van der Waals surface area contributed by atoms with Crippen molar-refractivity contribution in [2.24, 2.45) is 0 Å². The van der Waals surface area contributed by atoms with Crippen LogP contribution < -0.4 is 10.2 Å². The van der Waals surface area contributed by atoms with Gasteiger partial charge in [0.1, 0.15) is 17.6 Å². The minimum atomic E-state index is -3.49. The maximum Gasteiger partial charge on any atom is 0.256 e. The normalized spacial score (nSPS) is 22.0. The monoisotopic (exact) mass is 544 g/mol. The summed E-state index contributed by atoms with van der Waals surface area (Å²) >= 11 is 1.29. The Morgan fingerprint density at radius 3 is 2.51 bits per heavy atom. The summed E-state index contributed by atoms with van der Waals surface area (Å²) in [7, 11) is -3.49. The van der Waals surface area contributed by atoms with Crippen LogP contribution in [0.4, 0.5) is 10.9 Å². The maximum atomic E-state index is 12.9. The van der Waals surface area contributed by atoms with E-state index in [0.717, 1.165) is 29.1 Å². The van der Waals surface area contributed by atoms with Gasteiger partial charge in [-0.2, -0.15) is 0 Å². The Balaban J connectivity index is 1.24. The first-order chi connectivity index (χ1) is 17.6. The highest BCUT2D eigenvalue weighted by Crippen LogP contribution is 2.28. The molecule has 2 aliphatic heterocycles. The van der Waals surface area contributed by atoms with Crippen molar-refractivity contribution in [2.45, 2.75) is 38.5 Å². The Labute approximate surface area is 219 Å². The number of likely N-dealkylation sites (tertiary alicyclic amines) is 1. The number of thiazole rings is 1. The van der Waals surface area contributed by atoms with E-state index in [1.807, 2.05) is 37.4 Å². The molecular formula is C24H28N6O5S2. The molecule has 3 aromatic rings. The Morgan fingerprint density at radius 1 is 1.11 bits per heavy atom. The molecule has 196 valence electrons. The predicted octanol–water partition coefficient (Wildman–Crippen LogP) is 2.28. The molecule has 3 atom stereocenters. The van der Waals surface area contributed by atoms with Gasteiger partial charge in [0.25, 0.3) is 5.91 Å². The molecule has 5 rings (SSSR count). The van der Waals surface area contributed by atoms with Gasteiger partial charge in [0, 0.05) is 37.4 Å². The number of ether oxygens (including phenoxy) is 1. The van der Waals surface area contributed by atoms with Crippen LogP contribution in [0.3, 0.4) is 0 Å². The van der Waals surface area contributed by atoms with Crippen LogP contribution in [-0.4, -0.2) is 83.2 Å². The van der Waals surface area contributed by atoms with Gasteiger partial charge >= 0.3 is 0 Å². The van der Waals surface area contributed by atoms with Crippen LogP contribution in [0, 0.1) is 0 Å². The first-order valence-electron chi connectivity index (χ1n) is 11.9. The zero-order valence-corrected chi connectivity index (χ0v) is 22.3. The number of hydrogen-bond acceptors (Lipinski definition) is 9. The summed E-state index contributed by atoms with van der Waals surface area (Å²) in [6.45, 7) is 6.03. The highest BCUT2D eigenvalue weighted by atomic mass is 32.2. The minimum absolute atomic E-state index is 0.118. The lowest BCUT2D eigenvalue weighted by Gasteiger charge is -2.39. The third-order valence-electron chi connectivity index (χ3n) is 6.36. The van der Waals surface area contributed by atoms with Crippen LogP contribution in [0.1, 0.15) is 30.6 Å². The molecule has 3 aromatic heterocycles. The lowest BCUT2D eigenvalue weighted by molar-refractivity contribution is -0.123. The summed E-state index contributed by atoms with van der Waals surface area (Å²) in [5.74, 6) is 0.133. The maximum absolute atomic E-state index is 12.9. The van der Waals surface area contributed by atoms with Crippen molar-refractivity contribution in [3.05, 3.63) is 47.6 Å². The smallest absolute Gasteiger partial charge is 0.256 e. The Bertz CT molecular complexity index is 1420. The molecule has 0 radical (unpaired) electrons. The summed E-state index contributed by atoms with van der Waals surface area (Å²) in [6, 6.07) is 6.58. The quantitative estimate of drug-likeness (QED) is 0.501. The summed E-state index contributed by atoms with van der Waals surface area (Å²) in [4.78, 5) is 38.7. The molecule has 11 nitrogen and oxygen atoms in total. The molecule has 13 heteroatoms. The largest absolute Gasteiger partial charge is 0.372 e. The second-order valence-electron chi connectivity index (χ2n) is 9.37. The highest BCUT2D eigenvalue weighted by molar-refractivity contribution is 7.89. The third-order valence-corrected chi connectivity index (χ3v) is 8.11. The van der Waals surface area contributed by atoms with E-state index < -0.39 is 16.1 Å². The van der Waals surface area contributed by atoms with E-state index in [-0.39, 0.29) is 29.6 Å². The molecule has 0 spiro atoms. The third kappa shape index (κ3) is 5.38. The zero-order valence-electron chi connectivity index (χ0n) is 20.7. The molecule has 2 fully saturated rings. The van der Waals surface area contributed by atoms with E-state index in [2.05, 4.69) is 15.2 Å². The lowest BCUT2D eigenvalue weighted by atomic mass is 10.0. The number of carbonyl (C=O) groups excluding carboxylic acids is 2. The number of nitrogens with one attached hydrogen (secondary N) is 1. The van der Waals surface area contributed by atoms with E-state index in [1.54, 1.807) is 0 Å². The molecule has 2 amide bonds. The van der Waals surface area contributed by atoms with Crippen molar-refractivity contribution in [2.75, 3.05) is 36.1 Å². The van der Waals surface area contributed by atoms with Gasteiger partial charge in [-0.15, -0.1) is 11.3 Å². The number of nitrogens with zero attached hydrogens (tertiary/aromatic N) is 5. The van der Waals surface area contributed by atoms with Gasteiger partial charge in [0.15, 0.2) is 5.13 Å². The number of carbonyl (C=O) groups is 2. The van der Waals surface area contributed by atoms with Crippen LogP contribution in [-0.2, 0) is 19.6 Å². The number of rotatable bonds is 6. The zero-order chi connectivity index (χ0) is 26.3. The van der Waals surface area contributed by atoms with Gasteiger partial charge in [-0.3, -0.25) is 13.6 Å². The Hall–Kier alpha value is -3.29. The van der Waals surface area contributed by atoms with Crippen LogP contribution in [0.2, 0.25) is 0 Å². The molecule has 1 N–H and O–H groups in total. The van der Waals surface area contributed by atoms with Crippen LogP contribution >= 0.6 is 11.3 Å². The Morgan fingerprint density at radius 2 is 1.86 bits per heavy atom. The average molecular weight is 545 g/mol. The van der Waals surface area contributed by atoms with Crippen molar-refractivity contribution in [1.29, 1.82) is 0 Å². The second kappa shape index (κ2) is 9.88. The van der Waals surface area contributed by atoms with Gasteiger partial charge in [-0.05, 0) is 38.5 Å². The summed E-state index contributed by atoms with van der Waals surface area (Å²) < 4.78 is 30.2. The van der Waals surface area contributed by atoms with Crippen molar-refractivity contribution in [3.8, 4) is 11.4 Å². The second-order valence-corrected chi connectivity index (χ2v) is 12.1. The average Bonchev–Trinajstić information content (AvgIpc) is 3.48. The molecule has 0 saturated carbocycles. The van der Waals surface area contributed by atoms with Gasteiger partial charge in [0.2, 0.25) is 15.9 Å². The number of amides is 2. The fourth-order valence-electron chi connectivity index (χ4n) is 4.52. The molecule has 0 bridgehead atoms. The van der Waals surface area contributed by atoms with Crippen LogP contribution in [0.5, 0.6) is 0 Å². The van der Waals surface area contributed by atoms with Crippen molar-refractivity contribution >= 4 is 44.1 Å². The molecule has 0 unspecified atom stereocenters. The number of anilines is 2. The van der Waals surface area contributed by atoms with E-state index in [9.17, 15) is 18.0 Å². The Kier molecular flexibility index (Phi) is 6.77. The predicted molar refractivity (Wildman–Crippen MR) is 140 cm³/mol. The number of pyridine rings is 1. The van der Waals surface area contributed by atoms with Crippen molar-refractivity contribution in [3.63, 3.8) is 0 Å². The molecule has 2 saturated heterocycles. The van der Waals surface area contributed by atoms with Gasteiger partial charge in [-0.1, -0.05) is 6.07 Å². The SMILES string of the molecule is C[C@@H]1CN(c2cccc(-c3csc(NC(=O)[C@@H]4CCN4C(=O)c4ccn(S(C)(=O)=O)c4)n3)n2)C[C@H](C)O1. The van der Waals surface area contributed by atoms with Crippen molar-refractivity contribution < 1.29 is 22.7 Å². The standard InChI is InChI=1S/C24H28N6O5S2/c1-15-11-28(12-16(2)35-15)21-6-4-5-18(25-21)19-14-36-24(26-19)27-22(31)20-8-10-30(20)23(32)17-7-9-29(13-17)37(3,33)34/h4-7,9,13-16,20H,8,10-12H2,1-3H3,(H,26,27,31)/t15-,16+,20-/m0/s1. The number of hydrogen-bond donors (Lipinski definition) is 1. The van der Waals surface area contributed by atoms with Crippen LogP contribution in [0.15, 0.2) is 42.0 Å². The molecule has 2 aliphatic rings. The van der Waals surface area contributed by atoms with E-state index in [4.69, 9.17) is 9.72 Å². The number of morpholine rings is 1. The van der Waals surface area contributed by atoms with Gasteiger partial charge < -0.3 is 19.9 Å². The minimum Gasteiger partial charge on any atom is -0.372 e. The molecule has 0 aromatic carbocycles. The van der Waals surface area contributed by atoms with Crippen LogP contribution in [0.25, 0.3) is 11.4 Å². The molecule has 0 aliphatic carbocycles. The number of aromatic nitrogens is 3. The van der Waals surface area contributed by atoms with Gasteiger partial charge in [-0.25, -0.2) is 18.4 Å². The van der Waals surface area contributed by atoms with E-state index >= 15 is 0 Å². The fourth-order valence-corrected chi connectivity index (χ4v) is 5.82. The molecule has 5 heterocycles. The first-order valence-corrected chi connectivity index (χ1v) is 14.6. The fraction of sp³-hybridized carbons (Fsp3) is 0.417. The first kappa shape index (κ1) is 25.4. The highest BCUT2D eigenvalue weighted by Gasteiger charge is 2.38. The topological polar surface area (TPSA) is 127 Å². The molecular weight excluding hydrogens is 516 g/mol. The molecule has 37 heavy (non-hydrogen) atoms. The van der Waals surface area contributed by atoms with E-state index in [0.29, 0.717) is 29.5 Å².